The molecule has 0 aromatic heterocycles. The van der Waals surface area contributed by atoms with Crippen molar-refractivity contribution in [2.45, 2.75) is 52.4 Å². The summed E-state index contributed by atoms with van der Waals surface area (Å²) in [5, 5.41) is 10.5. The Labute approximate surface area is 116 Å². The lowest BCUT2D eigenvalue weighted by atomic mass is 9.83. The van der Waals surface area contributed by atoms with E-state index in [1.54, 1.807) is 12.7 Å². The van der Waals surface area contributed by atoms with Crippen molar-refractivity contribution in [1.82, 2.24) is 0 Å². The Hall–Kier alpha value is -0.380. The molecular formula is C16H26O3. The fourth-order valence-corrected chi connectivity index (χ4v) is 4.41. The Morgan fingerprint density at radius 1 is 1.26 bits per heavy atom. The summed E-state index contributed by atoms with van der Waals surface area (Å²) < 4.78 is 11.2. The standard InChI is InChI=1S/C16H26O3/c1-9-11-6-16(2,3)7-12(11)13-8-19-15(18-4)10(13)5-14(9)17/h9-11,14-15,17H,5-8H2,1-4H3. The van der Waals surface area contributed by atoms with E-state index in [9.17, 15) is 5.11 Å². The van der Waals surface area contributed by atoms with Crippen LogP contribution in [0.3, 0.4) is 0 Å². The van der Waals surface area contributed by atoms with Gasteiger partial charge < -0.3 is 14.6 Å². The van der Waals surface area contributed by atoms with E-state index in [1.807, 2.05) is 0 Å². The fourth-order valence-electron chi connectivity index (χ4n) is 4.41. The van der Waals surface area contributed by atoms with Gasteiger partial charge in [-0.1, -0.05) is 26.3 Å². The first-order valence-corrected chi connectivity index (χ1v) is 7.47. The summed E-state index contributed by atoms with van der Waals surface area (Å²) in [6.45, 7) is 7.59. The molecule has 1 saturated heterocycles. The highest BCUT2D eigenvalue weighted by atomic mass is 16.7. The van der Waals surface area contributed by atoms with Gasteiger partial charge in [0.1, 0.15) is 0 Å². The van der Waals surface area contributed by atoms with Gasteiger partial charge in [0.15, 0.2) is 6.29 Å². The Morgan fingerprint density at radius 2 is 2.00 bits per heavy atom. The first-order chi connectivity index (χ1) is 8.93. The van der Waals surface area contributed by atoms with Gasteiger partial charge in [-0.15, -0.1) is 0 Å². The van der Waals surface area contributed by atoms with Crippen LogP contribution >= 0.6 is 0 Å². The number of aliphatic hydroxyl groups is 1. The molecule has 0 bridgehead atoms. The van der Waals surface area contributed by atoms with E-state index in [4.69, 9.17) is 9.47 Å². The fraction of sp³-hybridized carbons (Fsp3) is 0.875. The topological polar surface area (TPSA) is 38.7 Å². The molecule has 3 aliphatic rings. The van der Waals surface area contributed by atoms with Crippen molar-refractivity contribution in [3.05, 3.63) is 11.1 Å². The molecule has 1 saturated carbocycles. The maximum atomic E-state index is 10.5. The Bertz CT molecular complexity index is 399. The van der Waals surface area contributed by atoms with Crippen LogP contribution in [0.1, 0.15) is 40.0 Å². The van der Waals surface area contributed by atoms with Crippen LogP contribution < -0.4 is 0 Å². The SMILES string of the molecule is COC1OCC2=C3CC(C)(C)CC3C(C)C(O)CC21. The highest BCUT2D eigenvalue weighted by Gasteiger charge is 2.48. The minimum atomic E-state index is -0.240. The third-order valence-corrected chi connectivity index (χ3v) is 5.45. The number of methoxy groups -OCH3 is 1. The van der Waals surface area contributed by atoms with E-state index in [0.717, 1.165) is 12.8 Å². The van der Waals surface area contributed by atoms with Crippen LogP contribution in [0, 0.1) is 23.2 Å². The number of fused-ring (bicyclic) bond motifs is 2. The lowest BCUT2D eigenvalue weighted by Crippen LogP contribution is -2.28. The van der Waals surface area contributed by atoms with E-state index < -0.39 is 0 Å². The minimum absolute atomic E-state index is 0.160. The van der Waals surface area contributed by atoms with E-state index in [1.165, 1.54) is 12.0 Å². The van der Waals surface area contributed by atoms with Gasteiger partial charge in [0.05, 0.1) is 12.7 Å². The number of hydrogen-bond donors (Lipinski definition) is 1. The third kappa shape index (κ3) is 2.16. The molecule has 3 nitrogen and oxygen atoms in total. The van der Waals surface area contributed by atoms with Gasteiger partial charge in [0.2, 0.25) is 0 Å². The van der Waals surface area contributed by atoms with Gasteiger partial charge in [-0.25, -0.2) is 0 Å². The molecule has 0 aromatic rings. The maximum absolute atomic E-state index is 10.5. The third-order valence-electron chi connectivity index (χ3n) is 5.45. The highest BCUT2D eigenvalue weighted by Crippen LogP contribution is 2.54. The molecule has 1 N–H and O–H groups in total. The van der Waals surface area contributed by atoms with Crippen LogP contribution in [0.4, 0.5) is 0 Å². The molecule has 0 amide bonds. The van der Waals surface area contributed by atoms with E-state index in [-0.39, 0.29) is 18.3 Å². The summed E-state index contributed by atoms with van der Waals surface area (Å²) in [6.07, 6.45) is 2.73. The van der Waals surface area contributed by atoms with Crippen molar-refractivity contribution < 1.29 is 14.6 Å². The van der Waals surface area contributed by atoms with Gasteiger partial charge in [0.25, 0.3) is 0 Å². The molecule has 0 aromatic carbocycles. The van der Waals surface area contributed by atoms with Crippen LogP contribution in [-0.4, -0.2) is 31.2 Å². The number of hydrogen-bond acceptors (Lipinski definition) is 3. The average Bonchev–Trinajstić information content (AvgIpc) is 2.86. The summed E-state index contributed by atoms with van der Waals surface area (Å²) in [6, 6.07) is 0. The molecule has 5 atom stereocenters. The predicted octanol–water partition coefficient (Wildman–Crippen LogP) is 2.74. The Balaban J connectivity index is 2.01. The van der Waals surface area contributed by atoms with Crippen molar-refractivity contribution in [2.75, 3.05) is 13.7 Å². The first-order valence-electron chi connectivity index (χ1n) is 7.47. The summed E-state index contributed by atoms with van der Waals surface area (Å²) in [5.41, 5.74) is 3.36. The zero-order valence-electron chi connectivity index (χ0n) is 12.5. The van der Waals surface area contributed by atoms with Crippen molar-refractivity contribution >= 4 is 0 Å². The Morgan fingerprint density at radius 3 is 2.68 bits per heavy atom. The van der Waals surface area contributed by atoms with Crippen molar-refractivity contribution in [1.29, 1.82) is 0 Å². The van der Waals surface area contributed by atoms with E-state index >= 15 is 0 Å². The van der Waals surface area contributed by atoms with Gasteiger partial charge in [-0.3, -0.25) is 0 Å². The molecule has 1 heterocycles. The molecule has 2 fully saturated rings. The second-order valence-electron chi connectivity index (χ2n) is 7.39. The van der Waals surface area contributed by atoms with Crippen LogP contribution in [0.5, 0.6) is 0 Å². The zero-order valence-corrected chi connectivity index (χ0v) is 12.5. The number of ether oxygens (including phenoxy) is 2. The van der Waals surface area contributed by atoms with Crippen LogP contribution in [0.25, 0.3) is 0 Å². The molecular weight excluding hydrogens is 240 g/mol. The normalized spacial score (nSPS) is 45.0. The molecule has 1 aliphatic heterocycles. The van der Waals surface area contributed by atoms with Crippen LogP contribution in [0.15, 0.2) is 11.1 Å². The molecule has 108 valence electrons. The molecule has 19 heavy (non-hydrogen) atoms. The smallest absolute Gasteiger partial charge is 0.164 e. The average molecular weight is 266 g/mol. The lowest BCUT2D eigenvalue weighted by molar-refractivity contribution is -0.117. The highest BCUT2D eigenvalue weighted by molar-refractivity contribution is 5.30. The molecule has 0 spiro atoms. The minimum Gasteiger partial charge on any atom is -0.393 e. The van der Waals surface area contributed by atoms with Crippen molar-refractivity contribution in [3.63, 3.8) is 0 Å². The number of aliphatic hydroxyl groups excluding tert-OH is 1. The maximum Gasteiger partial charge on any atom is 0.164 e. The zero-order chi connectivity index (χ0) is 13.8. The van der Waals surface area contributed by atoms with Gasteiger partial charge >= 0.3 is 0 Å². The second-order valence-corrected chi connectivity index (χ2v) is 7.39. The summed E-state index contributed by atoms with van der Waals surface area (Å²) >= 11 is 0. The van der Waals surface area contributed by atoms with Crippen LogP contribution in [-0.2, 0) is 9.47 Å². The van der Waals surface area contributed by atoms with Gasteiger partial charge in [-0.2, -0.15) is 0 Å². The van der Waals surface area contributed by atoms with Gasteiger partial charge in [0, 0.05) is 13.0 Å². The number of allylic oxidation sites excluding steroid dienone is 1. The van der Waals surface area contributed by atoms with E-state index in [2.05, 4.69) is 20.8 Å². The molecule has 5 unspecified atom stereocenters. The Kier molecular flexibility index (Phi) is 3.27. The predicted molar refractivity (Wildman–Crippen MR) is 73.6 cm³/mol. The number of rotatable bonds is 1. The largest absolute Gasteiger partial charge is 0.393 e. The molecule has 3 rings (SSSR count). The summed E-state index contributed by atoms with van der Waals surface area (Å²) in [4.78, 5) is 0. The lowest BCUT2D eigenvalue weighted by Gasteiger charge is -2.26. The molecule has 0 radical (unpaired) electrons. The first kappa shape index (κ1) is 13.6. The molecule has 3 heteroatoms. The van der Waals surface area contributed by atoms with Crippen molar-refractivity contribution in [2.24, 2.45) is 23.2 Å². The quantitative estimate of drug-likeness (QED) is 0.742. The van der Waals surface area contributed by atoms with Gasteiger partial charge in [-0.05, 0) is 42.1 Å². The van der Waals surface area contributed by atoms with Crippen molar-refractivity contribution in [3.8, 4) is 0 Å². The second kappa shape index (κ2) is 4.57. The summed E-state index contributed by atoms with van der Waals surface area (Å²) in [7, 11) is 1.70. The molecule has 2 aliphatic carbocycles. The monoisotopic (exact) mass is 266 g/mol. The summed E-state index contributed by atoms with van der Waals surface area (Å²) in [5.74, 6) is 1.15. The van der Waals surface area contributed by atoms with E-state index in [0.29, 0.717) is 23.9 Å². The van der Waals surface area contributed by atoms with Crippen LogP contribution in [0.2, 0.25) is 0 Å².